The minimum Gasteiger partial charge on any atom is -0.334 e. The average Bonchev–Trinajstić information content (AvgIpc) is 2.49. The number of halogens is 2. The summed E-state index contributed by atoms with van der Waals surface area (Å²) >= 11 is 0. The molecule has 0 radical (unpaired) electrons. The van der Waals surface area contributed by atoms with E-state index in [1.165, 1.54) is 4.90 Å². The first-order valence-corrected chi connectivity index (χ1v) is 6.90. The summed E-state index contributed by atoms with van der Waals surface area (Å²) in [5.74, 6) is -1.80. The molecular formula is C17H17F2NO. The van der Waals surface area contributed by atoms with Gasteiger partial charge in [-0.05, 0) is 30.2 Å². The van der Waals surface area contributed by atoms with Gasteiger partial charge in [0.05, 0.1) is 5.56 Å². The van der Waals surface area contributed by atoms with E-state index in [0.29, 0.717) is 13.1 Å². The zero-order valence-corrected chi connectivity index (χ0v) is 11.9. The molecule has 0 aliphatic carbocycles. The van der Waals surface area contributed by atoms with Gasteiger partial charge in [0.15, 0.2) is 0 Å². The molecule has 2 rings (SSSR count). The Morgan fingerprint density at radius 3 is 2.48 bits per heavy atom. The van der Waals surface area contributed by atoms with Crippen LogP contribution in [-0.2, 0) is 6.54 Å². The van der Waals surface area contributed by atoms with Crippen molar-refractivity contribution < 1.29 is 13.6 Å². The Labute approximate surface area is 123 Å². The fourth-order valence-electron chi connectivity index (χ4n) is 2.16. The number of amides is 1. The van der Waals surface area contributed by atoms with Crippen LogP contribution >= 0.6 is 0 Å². The third-order valence-electron chi connectivity index (χ3n) is 3.16. The summed E-state index contributed by atoms with van der Waals surface area (Å²) in [6.45, 7) is 2.81. The van der Waals surface area contributed by atoms with E-state index < -0.39 is 17.5 Å². The maximum absolute atomic E-state index is 13.7. The molecule has 0 atom stereocenters. The largest absolute Gasteiger partial charge is 0.334 e. The fraction of sp³-hybridized carbons (Fsp3) is 0.235. The van der Waals surface area contributed by atoms with Crippen molar-refractivity contribution in [1.29, 1.82) is 0 Å². The second-order valence-electron chi connectivity index (χ2n) is 4.84. The highest BCUT2D eigenvalue weighted by molar-refractivity contribution is 5.94. The Morgan fingerprint density at radius 2 is 1.81 bits per heavy atom. The van der Waals surface area contributed by atoms with E-state index in [4.69, 9.17) is 0 Å². The van der Waals surface area contributed by atoms with Crippen LogP contribution in [0.3, 0.4) is 0 Å². The zero-order chi connectivity index (χ0) is 15.2. The van der Waals surface area contributed by atoms with Crippen molar-refractivity contribution in [2.75, 3.05) is 6.54 Å². The van der Waals surface area contributed by atoms with Gasteiger partial charge in [0, 0.05) is 13.1 Å². The second kappa shape index (κ2) is 6.97. The van der Waals surface area contributed by atoms with Gasteiger partial charge in [-0.2, -0.15) is 0 Å². The van der Waals surface area contributed by atoms with Gasteiger partial charge < -0.3 is 4.90 Å². The van der Waals surface area contributed by atoms with Crippen molar-refractivity contribution in [3.8, 4) is 0 Å². The lowest BCUT2D eigenvalue weighted by molar-refractivity contribution is 0.0738. The van der Waals surface area contributed by atoms with Gasteiger partial charge in [0.2, 0.25) is 0 Å². The van der Waals surface area contributed by atoms with E-state index in [-0.39, 0.29) is 5.56 Å². The van der Waals surface area contributed by atoms with Crippen LogP contribution in [-0.4, -0.2) is 17.4 Å². The van der Waals surface area contributed by atoms with E-state index in [0.717, 1.165) is 30.2 Å². The van der Waals surface area contributed by atoms with Crippen molar-refractivity contribution in [2.45, 2.75) is 19.9 Å². The molecule has 0 aliphatic heterocycles. The third-order valence-corrected chi connectivity index (χ3v) is 3.16. The monoisotopic (exact) mass is 289 g/mol. The number of carbonyl (C=O) groups is 1. The van der Waals surface area contributed by atoms with Crippen molar-refractivity contribution in [3.63, 3.8) is 0 Å². The SMILES string of the molecule is CCCN(Cc1ccccc1)C(=O)c1cc(F)ccc1F. The lowest BCUT2D eigenvalue weighted by Gasteiger charge is -2.22. The van der Waals surface area contributed by atoms with Gasteiger partial charge in [-0.15, -0.1) is 0 Å². The molecular weight excluding hydrogens is 272 g/mol. The normalized spacial score (nSPS) is 10.4. The summed E-state index contributed by atoms with van der Waals surface area (Å²) in [6, 6.07) is 12.4. The lowest BCUT2D eigenvalue weighted by atomic mass is 10.1. The van der Waals surface area contributed by atoms with E-state index in [9.17, 15) is 13.6 Å². The Balaban J connectivity index is 2.25. The average molecular weight is 289 g/mol. The predicted octanol–water partition coefficient (Wildman–Crippen LogP) is 4.02. The summed E-state index contributed by atoms with van der Waals surface area (Å²) in [5, 5.41) is 0. The Kier molecular flexibility index (Phi) is 5.04. The number of nitrogens with zero attached hydrogens (tertiary/aromatic N) is 1. The molecule has 21 heavy (non-hydrogen) atoms. The minimum atomic E-state index is -0.699. The molecule has 2 aromatic carbocycles. The molecule has 0 unspecified atom stereocenters. The Morgan fingerprint density at radius 1 is 1.10 bits per heavy atom. The highest BCUT2D eigenvalue weighted by atomic mass is 19.1. The van der Waals surface area contributed by atoms with Gasteiger partial charge in [0.1, 0.15) is 11.6 Å². The molecule has 2 aromatic rings. The molecule has 0 N–H and O–H groups in total. The standard InChI is InChI=1S/C17H17F2NO/c1-2-10-20(12-13-6-4-3-5-7-13)17(21)15-11-14(18)8-9-16(15)19/h3-9,11H,2,10,12H2,1H3. The molecule has 0 bridgehead atoms. The minimum absolute atomic E-state index is 0.223. The Bertz CT molecular complexity index is 613. The highest BCUT2D eigenvalue weighted by Crippen LogP contribution is 2.15. The van der Waals surface area contributed by atoms with Crippen LogP contribution in [0.2, 0.25) is 0 Å². The van der Waals surface area contributed by atoms with Crippen molar-refractivity contribution in [3.05, 3.63) is 71.3 Å². The molecule has 2 nitrogen and oxygen atoms in total. The smallest absolute Gasteiger partial charge is 0.257 e. The lowest BCUT2D eigenvalue weighted by Crippen LogP contribution is -2.32. The van der Waals surface area contributed by atoms with Crippen molar-refractivity contribution in [2.24, 2.45) is 0 Å². The summed E-state index contributed by atoms with van der Waals surface area (Å²) in [5.41, 5.74) is 0.732. The van der Waals surface area contributed by atoms with Crippen LogP contribution in [0.15, 0.2) is 48.5 Å². The van der Waals surface area contributed by atoms with Crippen LogP contribution in [0.5, 0.6) is 0 Å². The van der Waals surface area contributed by atoms with Gasteiger partial charge >= 0.3 is 0 Å². The molecule has 0 spiro atoms. The van der Waals surface area contributed by atoms with Crippen LogP contribution in [0, 0.1) is 11.6 Å². The fourth-order valence-corrected chi connectivity index (χ4v) is 2.16. The van der Waals surface area contributed by atoms with E-state index in [1.54, 1.807) is 0 Å². The molecule has 110 valence electrons. The number of hydrogen-bond acceptors (Lipinski definition) is 1. The molecule has 0 aromatic heterocycles. The quantitative estimate of drug-likeness (QED) is 0.814. The maximum atomic E-state index is 13.7. The molecule has 0 fully saturated rings. The number of hydrogen-bond donors (Lipinski definition) is 0. The zero-order valence-electron chi connectivity index (χ0n) is 11.9. The molecule has 0 saturated carbocycles. The molecule has 0 heterocycles. The second-order valence-corrected chi connectivity index (χ2v) is 4.84. The Hall–Kier alpha value is -2.23. The van der Waals surface area contributed by atoms with Crippen LogP contribution < -0.4 is 0 Å². The number of carbonyl (C=O) groups excluding carboxylic acids is 1. The van der Waals surface area contributed by atoms with Gasteiger partial charge in [-0.25, -0.2) is 8.78 Å². The topological polar surface area (TPSA) is 20.3 Å². The number of benzene rings is 2. The van der Waals surface area contributed by atoms with Gasteiger partial charge in [-0.3, -0.25) is 4.79 Å². The summed E-state index contributed by atoms with van der Waals surface area (Å²) in [6.07, 6.45) is 0.746. The van der Waals surface area contributed by atoms with Crippen LogP contribution in [0.4, 0.5) is 8.78 Å². The first-order chi connectivity index (χ1) is 10.1. The van der Waals surface area contributed by atoms with Gasteiger partial charge in [-0.1, -0.05) is 37.3 Å². The van der Waals surface area contributed by atoms with E-state index in [1.807, 2.05) is 37.3 Å². The molecule has 0 saturated heterocycles. The first-order valence-electron chi connectivity index (χ1n) is 6.90. The highest BCUT2D eigenvalue weighted by Gasteiger charge is 2.19. The molecule has 1 amide bonds. The van der Waals surface area contributed by atoms with Crippen LogP contribution in [0.25, 0.3) is 0 Å². The molecule has 0 aliphatic rings. The summed E-state index contributed by atoms with van der Waals surface area (Å²) in [7, 11) is 0. The number of rotatable bonds is 5. The van der Waals surface area contributed by atoms with Crippen LogP contribution in [0.1, 0.15) is 29.3 Å². The summed E-state index contributed by atoms with van der Waals surface area (Å²) in [4.78, 5) is 14.0. The third kappa shape index (κ3) is 3.88. The van der Waals surface area contributed by atoms with Crippen molar-refractivity contribution >= 4 is 5.91 Å². The van der Waals surface area contributed by atoms with Gasteiger partial charge in [0.25, 0.3) is 5.91 Å². The van der Waals surface area contributed by atoms with E-state index in [2.05, 4.69) is 0 Å². The summed E-state index contributed by atoms with van der Waals surface area (Å²) < 4.78 is 27.0. The first kappa shape index (κ1) is 15.2. The predicted molar refractivity (Wildman–Crippen MR) is 77.8 cm³/mol. The van der Waals surface area contributed by atoms with E-state index >= 15 is 0 Å². The van der Waals surface area contributed by atoms with Crippen molar-refractivity contribution in [1.82, 2.24) is 4.90 Å². The molecule has 4 heteroatoms. The maximum Gasteiger partial charge on any atom is 0.257 e.